The molecule has 0 aliphatic rings. The smallest absolute Gasteiger partial charge is 0.248 e. The fraction of sp³-hybridized carbons (Fsp3) is 0.154. The molecule has 0 unspecified atom stereocenters. The molecule has 0 fully saturated rings. The molecule has 92 valence electrons. The summed E-state index contributed by atoms with van der Waals surface area (Å²) in [5.74, 6) is 0.611. The van der Waals surface area contributed by atoms with Gasteiger partial charge in [-0.1, -0.05) is 5.57 Å². The topological polar surface area (TPSA) is 59.8 Å². The van der Waals surface area contributed by atoms with E-state index in [-0.39, 0.29) is 5.91 Å². The predicted molar refractivity (Wildman–Crippen MR) is 69.4 cm³/mol. The molecule has 5 heteroatoms. The van der Waals surface area contributed by atoms with E-state index in [1.54, 1.807) is 35.4 Å². The summed E-state index contributed by atoms with van der Waals surface area (Å²) in [6.45, 7) is 3.75. The minimum Gasteiger partial charge on any atom is -0.321 e. The largest absolute Gasteiger partial charge is 0.321 e. The summed E-state index contributed by atoms with van der Waals surface area (Å²) in [6.07, 6.45) is 8.33. The molecule has 0 atom stereocenters. The molecule has 2 aromatic rings. The third-order valence-electron chi connectivity index (χ3n) is 2.20. The van der Waals surface area contributed by atoms with Gasteiger partial charge in [-0.25, -0.2) is 9.97 Å². The fourth-order valence-corrected chi connectivity index (χ4v) is 1.45. The molecular weight excluding hydrogens is 228 g/mol. The lowest BCUT2D eigenvalue weighted by molar-refractivity contribution is -0.111. The monoisotopic (exact) mass is 242 g/mol. The molecule has 0 spiro atoms. The summed E-state index contributed by atoms with van der Waals surface area (Å²) in [6, 6.07) is 3.62. The maximum absolute atomic E-state index is 11.5. The number of imidazole rings is 1. The Balaban J connectivity index is 2.09. The van der Waals surface area contributed by atoms with Crippen molar-refractivity contribution in [2.24, 2.45) is 0 Å². The summed E-state index contributed by atoms with van der Waals surface area (Å²) in [5.41, 5.74) is 1.62. The standard InChI is InChI=1S/C13H14N4O/c1-10(2)7-13(18)16-11-3-4-12(15-8-11)17-6-5-14-9-17/h3-9H,1-2H3,(H,16,18). The Morgan fingerprint density at radius 1 is 1.39 bits per heavy atom. The van der Waals surface area contributed by atoms with Crippen LogP contribution in [0.25, 0.3) is 5.82 Å². The van der Waals surface area contributed by atoms with Crippen LogP contribution in [0.5, 0.6) is 0 Å². The number of nitrogens with one attached hydrogen (secondary N) is 1. The van der Waals surface area contributed by atoms with E-state index < -0.39 is 0 Å². The van der Waals surface area contributed by atoms with Crippen LogP contribution in [0.15, 0.2) is 48.7 Å². The molecule has 0 aliphatic heterocycles. The SMILES string of the molecule is CC(C)=CC(=O)Nc1ccc(-n2ccnc2)nc1. The molecule has 0 radical (unpaired) electrons. The molecule has 0 aliphatic carbocycles. The van der Waals surface area contributed by atoms with Crippen LogP contribution in [0.2, 0.25) is 0 Å². The number of pyridine rings is 1. The highest BCUT2D eigenvalue weighted by atomic mass is 16.1. The van der Waals surface area contributed by atoms with Gasteiger partial charge in [0.15, 0.2) is 0 Å². The van der Waals surface area contributed by atoms with Crippen molar-refractivity contribution in [2.45, 2.75) is 13.8 Å². The molecule has 2 rings (SSSR count). The maximum Gasteiger partial charge on any atom is 0.248 e. The Morgan fingerprint density at radius 3 is 2.78 bits per heavy atom. The number of rotatable bonds is 3. The lowest BCUT2D eigenvalue weighted by atomic mass is 10.3. The van der Waals surface area contributed by atoms with Crippen molar-refractivity contribution in [3.05, 3.63) is 48.7 Å². The number of nitrogens with zero attached hydrogens (tertiary/aromatic N) is 3. The van der Waals surface area contributed by atoms with Crippen molar-refractivity contribution in [2.75, 3.05) is 5.32 Å². The van der Waals surface area contributed by atoms with Gasteiger partial charge in [-0.05, 0) is 26.0 Å². The van der Waals surface area contributed by atoms with Crippen molar-refractivity contribution < 1.29 is 4.79 Å². The third kappa shape index (κ3) is 3.04. The van der Waals surface area contributed by atoms with Crippen molar-refractivity contribution >= 4 is 11.6 Å². The van der Waals surface area contributed by atoms with Crippen LogP contribution >= 0.6 is 0 Å². The van der Waals surface area contributed by atoms with Crippen LogP contribution in [-0.2, 0) is 4.79 Å². The number of carbonyl (C=O) groups excluding carboxylic acids is 1. The summed E-state index contributed by atoms with van der Waals surface area (Å²) in [5, 5.41) is 2.74. The molecule has 1 amide bonds. The first-order valence-electron chi connectivity index (χ1n) is 5.55. The second-order valence-corrected chi connectivity index (χ2v) is 4.09. The molecule has 1 N–H and O–H groups in total. The Hall–Kier alpha value is -2.43. The highest BCUT2D eigenvalue weighted by molar-refractivity contribution is 5.99. The zero-order chi connectivity index (χ0) is 13.0. The highest BCUT2D eigenvalue weighted by Crippen LogP contribution is 2.09. The zero-order valence-electron chi connectivity index (χ0n) is 10.3. The maximum atomic E-state index is 11.5. The molecule has 0 bridgehead atoms. The van der Waals surface area contributed by atoms with Crippen LogP contribution in [-0.4, -0.2) is 20.4 Å². The summed E-state index contributed by atoms with van der Waals surface area (Å²) in [7, 11) is 0. The molecule has 0 saturated carbocycles. The number of aromatic nitrogens is 3. The van der Waals surface area contributed by atoms with Crippen LogP contribution in [0, 0.1) is 0 Å². The van der Waals surface area contributed by atoms with Crippen molar-refractivity contribution in [3.63, 3.8) is 0 Å². The zero-order valence-corrected chi connectivity index (χ0v) is 10.3. The first kappa shape index (κ1) is 12.0. The van der Waals surface area contributed by atoms with E-state index in [9.17, 15) is 4.79 Å². The second-order valence-electron chi connectivity index (χ2n) is 4.09. The Bertz CT molecular complexity index is 551. The number of hydrogen-bond donors (Lipinski definition) is 1. The molecule has 0 saturated heterocycles. The molecule has 2 aromatic heterocycles. The molecular formula is C13H14N4O. The van der Waals surface area contributed by atoms with Gasteiger partial charge in [-0.2, -0.15) is 0 Å². The first-order valence-corrected chi connectivity index (χ1v) is 5.55. The Labute approximate surface area is 105 Å². The van der Waals surface area contributed by atoms with Crippen LogP contribution < -0.4 is 5.32 Å². The number of amides is 1. The summed E-state index contributed by atoms with van der Waals surface area (Å²) >= 11 is 0. The van der Waals surface area contributed by atoms with E-state index >= 15 is 0 Å². The normalized spacial score (nSPS) is 9.89. The van der Waals surface area contributed by atoms with Gasteiger partial charge in [0.05, 0.1) is 11.9 Å². The van der Waals surface area contributed by atoms with Crippen molar-refractivity contribution in [1.29, 1.82) is 0 Å². The number of carbonyl (C=O) groups is 1. The first-order chi connectivity index (χ1) is 8.65. The van der Waals surface area contributed by atoms with Gasteiger partial charge in [-0.3, -0.25) is 9.36 Å². The second kappa shape index (κ2) is 5.27. The van der Waals surface area contributed by atoms with Gasteiger partial charge in [0, 0.05) is 18.5 Å². The summed E-state index contributed by atoms with van der Waals surface area (Å²) in [4.78, 5) is 19.7. The average Bonchev–Trinajstić information content (AvgIpc) is 2.82. The van der Waals surface area contributed by atoms with Gasteiger partial charge in [0.25, 0.3) is 0 Å². The van der Waals surface area contributed by atoms with E-state index in [0.717, 1.165) is 11.4 Å². The third-order valence-corrected chi connectivity index (χ3v) is 2.20. The predicted octanol–water partition coefficient (Wildman–Crippen LogP) is 2.17. The van der Waals surface area contributed by atoms with Gasteiger partial charge in [-0.15, -0.1) is 0 Å². The van der Waals surface area contributed by atoms with Crippen LogP contribution in [0.1, 0.15) is 13.8 Å². The molecule has 18 heavy (non-hydrogen) atoms. The van der Waals surface area contributed by atoms with E-state index in [1.807, 2.05) is 26.1 Å². The summed E-state index contributed by atoms with van der Waals surface area (Å²) < 4.78 is 1.79. The van der Waals surface area contributed by atoms with Crippen molar-refractivity contribution in [3.8, 4) is 5.82 Å². The van der Waals surface area contributed by atoms with Crippen LogP contribution in [0.4, 0.5) is 5.69 Å². The van der Waals surface area contributed by atoms with Crippen molar-refractivity contribution in [1.82, 2.24) is 14.5 Å². The van der Waals surface area contributed by atoms with E-state index in [2.05, 4.69) is 15.3 Å². The lowest BCUT2D eigenvalue weighted by Crippen LogP contribution is -2.09. The van der Waals surface area contributed by atoms with E-state index in [0.29, 0.717) is 5.69 Å². The minimum atomic E-state index is -0.146. The minimum absolute atomic E-state index is 0.146. The lowest BCUT2D eigenvalue weighted by Gasteiger charge is -2.04. The molecule has 0 aromatic carbocycles. The average molecular weight is 242 g/mol. The van der Waals surface area contributed by atoms with Gasteiger partial charge >= 0.3 is 0 Å². The number of hydrogen-bond acceptors (Lipinski definition) is 3. The van der Waals surface area contributed by atoms with E-state index in [1.165, 1.54) is 0 Å². The Morgan fingerprint density at radius 2 is 2.22 bits per heavy atom. The fourth-order valence-electron chi connectivity index (χ4n) is 1.45. The highest BCUT2D eigenvalue weighted by Gasteiger charge is 2.00. The van der Waals surface area contributed by atoms with Crippen LogP contribution in [0.3, 0.4) is 0 Å². The number of anilines is 1. The quantitative estimate of drug-likeness (QED) is 0.839. The van der Waals surface area contributed by atoms with Gasteiger partial charge in [0.1, 0.15) is 12.1 Å². The number of allylic oxidation sites excluding steroid dienone is 1. The van der Waals surface area contributed by atoms with Gasteiger partial charge in [0.2, 0.25) is 5.91 Å². The molecule has 5 nitrogen and oxygen atoms in total. The Kier molecular flexibility index (Phi) is 3.52. The van der Waals surface area contributed by atoms with E-state index in [4.69, 9.17) is 0 Å². The van der Waals surface area contributed by atoms with Gasteiger partial charge < -0.3 is 5.32 Å². The molecule has 2 heterocycles.